The van der Waals surface area contributed by atoms with Gasteiger partial charge in [0.1, 0.15) is 0 Å². The van der Waals surface area contributed by atoms with E-state index in [1.54, 1.807) is 32.3 Å². The minimum absolute atomic E-state index is 0.00753. The summed E-state index contributed by atoms with van der Waals surface area (Å²) in [5.74, 6) is -0.173. The maximum absolute atomic E-state index is 11.5. The number of hydrogen-bond donors (Lipinski definition) is 0. The second-order valence-corrected chi connectivity index (χ2v) is 6.04. The van der Waals surface area contributed by atoms with Crippen LogP contribution in [0.1, 0.15) is 5.56 Å². The van der Waals surface area contributed by atoms with E-state index < -0.39 is 9.05 Å². The first-order valence-electron chi connectivity index (χ1n) is 4.55. The van der Waals surface area contributed by atoms with Crippen molar-refractivity contribution in [1.29, 1.82) is 0 Å². The zero-order valence-electron chi connectivity index (χ0n) is 8.97. The normalized spacial score (nSPS) is 11.2. The molecule has 88 valence electrons. The first-order chi connectivity index (χ1) is 7.32. The maximum Gasteiger partial charge on any atom is 0.261 e. The van der Waals surface area contributed by atoms with Crippen LogP contribution in [0.2, 0.25) is 0 Å². The lowest BCUT2D eigenvalue weighted by Crippen LogP contribution is -2.24. The van der Waals surface area contributed by atoms with Crippen LogP contribution in [-0.2, 0) is 20.3 Å². The van der Waals surface area contributed by atoms with E-state index >= 15 is 0 Å². The summed E-state index contributed by atoms with van der Waals surface area (Å²) in [4.78, 5) is 12.9. The van der Waals surface area contributed by atoms with E-state index in [2.05, 4.69) is 0 Å². The zero-order valence-corrected chi connectivity index (χ0v) is 10.5. The monoisotopic (exact) mass is 261 g/mol. The lowest BCUT2D eigenvalue weighted by Gasteiger charge is -2.11. The quantitative estimate of drug-likeness (QED) is 0.770. The summed E-state index contributed by atoms with van der Waals surface area (Å²) >= 11 is 0. The van der Waals surface area contributed by atoms with Crippen molar-refractivity contribution in [2.24, 2.45) is 0 Å². The van der Waals surface area contributed by atoms with Crippen LogP contribution >= 0.6 is 10.7 Å². The third kappa shape index (κ3) is 3.21. The predicted octanol–water partition coefficient (Wildman–Crippen LogP) is 1.24. The molecule has 0 unspecified atom stereocenters. The average molecular weight is 262 g/mol. The molecule has 0 saturated carbocycles. The number of hydrogen-bond acceptors (Lipinski definition) is 3. The van der Waals surface area contributed by atoms with Crippen LogP contribution in [0.4, 0.5) is 0 Å². The van der Waals surface area contributed by atoms with Crippen LogP contribution in [0, 0.1) is 0 Å². The molecule has 0 aliphatic heterocycles. The van der Waals surface area contributed by atoms with E-state index in [1.807, 2.05) is 0 Å². The molecule has 6 heteroatoms. The Morgan fingerprint density at radius 2 is 1.88 bits per heavy atom. The van der Waals surface area contributed by atoms with Gasteiger partial charge in [0.25, 0.3) is 9.05 Å². The van der Waals surface area contributed by atoms with Gasteiger partial charge in [-0.05, 0) is 11.6 Å². The van der Waals surface area contributed by atoms with Crippen molar-refractivity contribution < 1.29 is 13.2 Å². The molecule has 0 atom stereocenters. The van der Waals surface area contributed by atoms with Gasteiger partial charge in [0.15, 0.2) is 0 Å². The number of rotatable bonds is 3. The molecule has 0 radical (unpaired) electrons. The number of likely N-dealkylation sites (N-methyl/N-ethyl adjacent to an activating group) is 1. The summed E-state index contributed by atoms with van der Waals surface area (Å²) in [6.45, 7) is 0. The van der Waals surface area contributed by atoms with Crippen molar-refractivity contribution in [2.75, 3.05) is 14.1 Å². The fourth-order valence-electron chi connectivity index (χ4n) is 1.21. The van der Waals surface area contributed by atoms with E-state index in [9.17, 15) is 13.2 Å². The third-order valence-corrected chi connectivity index (χ3v) is 3.50. The van der Waals surface area contributed by atoms with Gasteiger partial charge in [-0.25, -0.2) is 8.42 Å². The van der Waals surface area contributed by atoms with E-state index in [-0.39, 0.29) is 17.2 Å². The number of amides is 1. The minimum atomic E-state index is -3.80. The van der Waals surface area contributed by atoms with Crippen LogP contribution in [0.5, 0.6) is 0 Å². The van der Waals surface area contributed by atoms with E-state index in [0.29, 0.717) is 5.56 Å². The standard InChI is InChI=1S/C10H12ClNO3S/c1-12(2)10(13)7-8-5-3-4-6-9(8)16(11,14)15/h3-6H,7H2,1-2H3. The number of nitrogens with zero attached hydrogens (tertiary/aromatic N) is 1. The van der Waals surface area contributed by atoms with Crippen molar-refractivity contribution >= 4 is 25.6 Å². The van der Waals surface area contributed by atoms with Crippen LogP contribution in [-0.4, -0.2) is 33.3 Å². The first-order valence-corrected chi connectivity index (χ1v) is 6.86. The zero-order chi connectivity index (χ0) is 12.3. The Kier molecular flexibility index (Phi) is 3.93. The molecular weight excluding hydrogens is 250 g/mol. The highest BCUT2D eigenvalue weighted by atomic mass is 35.7. The Bertz CT molecular complexity index is 497. The number of benzene rings is 1. The Labute approximate surface area is 99.2 Å². The maximum atomic E-state index is 11.5. The molecule has 1 amide bonds. The molecule has 0 N–H and O–H groups in total. The summed E-state index contributed by atoms with van der Waals surface area (Å²) in [6, 6.07) is 6.21. The van der Waals surface area contributed by atoms with Crippen molar-refractivity contribution in [3.63, 3.8) is 0 Å². The Morgan fingerprint density at radius 3 is 2.38 bits per heavy atom. The SMILES string of the molecule is CN(C)C(=O)Cc1ccccc1S(=O)(=O)Cl. The molecular formula is C10H12ClNO3S. The molecule has 16 heavy (non-hydrogen) atoms. The number of carbonyl (C=O) groups is 1. The van der Waals surface area contributed by atoms with Crippen LogP contribution in [0.15, 0.2) is 29.2 Å². The smallest absolute Gasteiger partial charge is 0.261 e. The van der Waals surface area contributed by atoms with Gasteiger partial charge in [-0.15, -0.1) is 0 Å². The summed E-state index contributed by atoms with van der Waals surface area (Å²) in [7, 11) is 4.69. The van der Waals surface area contributed by atoms with Gasteiger partial charge in [-0.3, -0.25) is 4.79 Å². The molecule has 0 fully saturated rings. The summed E-state index contributed by atoms with van der Waals surface area (Å²) in [5, 5.41) is 0. The Morgan fingerprint density at radius 1 is 1.31 bits per heavy atom. The van der Waals surface area contributed by atoms with Gasteiger partial charge in [0, 0.05) is 24.8 Å². The third-order valence-electron chi connectivity index (χ3n) is 2.08. The second kappa shape index (κ2) is 4.84. The van der Waals surface area contributed by atoms with Crippen molar-refractivity contribution in [2.45, 2.75) is 11.3 Å². The number of halogens is 1. The lowest BCUT2D eigenvalue weighted by atomic mass is 10.1. The van der Waals surface area contributed by atoms with Gasteiger partial charge in [-0.1, -0.05) is 18.2 Å². The summed E-state index contributed by atoms with van der Waals surface area (Å²) in [5.41, 5.74) is 0.413. The summed E-state index contributed by atoms with van der Waals surface area (Å²) < 4.78 is 22.5. The topological polar surface area (TPSA) is 54.5 Å². The highest BCUT2D eigenvalue weighted by molar-refractivity contribution is 8.13. The largest absolute Gasteiger partial charge is 0.349 e. The van der Waals surface area contributed by atoms with Crippen molar-refractivity contribution in [3.8, 4) is 0 Å². The van der Waals surface area contributed by atoms with Gasteiger partial charge in [0.2, 0.25) is 5.91 Å². The first kappa shape index (κ1) is 13.0. The molecule has 0 aliphatic carbocycles. The number of carbonyl (C=O) groups excluding carboxylic acids is 1. The minimum Gasteiger partial charge on any atom is -0.349 e. The highest BCUT2D eigenvalue weighted by Crippen LogP contribution is 2.20. The predicted molar refractivity (Wildman–Crippen MR) is 61.9 cm³/mol. The molecule has 4 nitrogen and oxygen atoms in total. The van der Waals surface area contributed by atoms with Crippen LogP contribution in [0.3, 0.4) is 0 Å². The van der Waals surface area contributed by atoms with Crippen molar-refractivity contribution in [3.05, 3.63) is 29.8 Å². The van der Waals surface area contributed by atoms with E-state index in [0.717, 1.165) is 0 Å². The van der Waals surface area contributed by atoms with Gasteiger partial charge < -0.3 is 4.90 Å². The fraction of sp³-hybridized carbons (Fsp3) is 0.300. The highest BCUT2D eigenvalue weighted by Gasteiger charge is 2.17. The van der Waals surface area contributed by atoms with Crippen LogP contribution < -0.4 is 0 Å². The Hall–Kier alpha value is -1.07. The second-order valence-electron chi connectivity index (χ2n) is 3.51. The van der Waals surface area contributed by atoms with Crippen LogP contribution in [0.25, 0.3) is 0 Å². The van der Waals surface area contributed by atoms with Gasteiger partial charge in [-0.2, -0.15) is 0 Å². The molecule has 0 saturated heterocycles. The van der Waals surface area contributed by atoms with Gasteiger partial charge in [0.05, 0.1) is 11.3 Å². The fourth-order valence-corrected chi connectivity index (χ4v) is 2.35. The summed E-state index contributed by atoms with van der Waals surface area (Å²) in [6.07, 6.45) is 0.0229. The lowest BCUT2D eigenvalue weighted by molar-refractivity contribution is -0.127. The van der Waals surface area contributed by atoms with E-state index in [1.165, 1.54) is 11.0 Å². The molecule has 0 aromatic heterocycles. The van der Waals surface area contributed by atoms with E-state index in [4.69, 9.17) is 10.7 Å². The molecule has 1 aromatic carbocycles. The molecule has 0 bridgehead atoms. The molecule has 0 spiro atoms. The average Bonchev–Trinajstić information content (AvgIpc) is 2.16. The van der Waals surface area contributed by atoms with Crippen molar-refractivity contribution in [1.82, 2.24) is 4.90 Å². The molecule has 1 aromatic rings. The molecule has 1 rings (SSSR count). The van der Waals surface area contributed by atoms with Gasteiger partial charge >= 0.3 is 0 Å². The Balaban J connectivity index is 3.11. The molecule has 0 aliphatic rings. The molecule has 0 heterocycles.